The van der Waals surface area contributed by atoms with Gasteiger partial charge in [0.05, 0.1) is 10.5 Å². The van der Waals surface area contributed by atoms with Gasteiger partial charge in [-0.25, -0.2) is 8.42 Å². The van der Waals surface area contributed by atoms with Gasteiger partial charge >= 0.3 is 0 Å². The Morgan fingerprint density at radius 1 is 1.11 bits per heavy atom. The third kappa shape index (κ3) is 4.96. The molecular weight excluding hydrogens is 258 g/mol. The molecule has 0 bridgehead atoms. The van der Waals surface area contributed by atoms with Gasteiger partial charge in [0, 0.05) is 6.54 Å². The molecule has 0 aromatic heterocycles. The van der Waals surface area contributed by atoms with Crippen LogP contribution in [0.3, 0.4) is 0 Å². The van der Waals surface area contributed by atoms with Gasteiger partial charge in [0.2, 0.25) is 0 Å². The molecule has 108 valence electrons. The van der Waals surface area contributed by atoms with Crippen LogP contribution in [0.25, 0.3) is 0 Å². The average molecular weight is 283 g/mol. The standard InChI is InChI=1S/C15H25NO2S/c1-13-7-5-6-8-14(13)9-10-16-11-12-19(17,18)15(2,3)4/h5-8,16H,9-12H2,1-4H3. The molecule has 0 saturated heterocycles. The summed E-state index contributed by atoms with van der Waals surface area (Å²) in [5.41, 5.74) is 2.60. The van der Waals surface area contributed by atoms with Crippen LogP contribution in [0, 0.1) is 6.92 Å². The molecule has 0 aliphatic heterocycles. The van der Waals surface area contributed by atoms with Crippen molar-refractivity contribution >= 4 is 9.84 Å². The Morgan fingerprint density at radius 2 is 1.74 bits per heavy atom. The summed E-state index contributed by atoms with van der Waals surface area (Å²) in [7, 11) is -3.01. The summed E-state index contributed by atoms with van der Waals surface area (Å²) >= 11 is 0. The highest BCUT2D eigenvalue weighted by Gasteiger charge is 2.27. The van der Waals surface area contributed by atoms with E-state index >= 15 is 0 Å². The molecule has 0 saturated carbocycles. The maximum Gasteiger partial charge on any atom is 0.156 e. The fourth-order valence-electron chi connectivity index (χ4n) is 1.75. The lowest BCUT2D eigenvalue weighted by molar-refractivity contribution is 0.556. The van der Waals surface area contributed by atoms with Gasteiger partial charge in [-0.15, -0.1) is 0 Å². The van der Waals surface area contributed by atoms with Crippen molar-refractivity contribution in [2.45, 2.75) is 38.9 Å². The van der Waals surface area contributed by atoms with Crippen LogP contribution in [0.4, 0.5) is 0 Å². The minimum atomic E-state index is -3.01. The second kappa shape index (κ2) is 6.53. The lowest BCUT2D eigenvalue weighted by Crippen LogP contribution is -2.35. The van der Waals surface area contributed by atoms with Crippen LogP contribution in [-0.2, 0) is 16.3 Å². The highest BCUT2D eigenvalue weighted by molar-refractivity contribution is 7.92. The smallest absolute Gasteiger partial charge is 0.156 e. The lowest BCUT2D eigenvalue weighted by Gasteiger charge is -2.19. The van der Waals surface area contributed by atoms with E-state index in [1.807, 2.05) is 12.1 Å². The summed E-state index contributed by atoms with van der Waals surface area (Å²) in [6.07, 6.45) is 0.933. The molecule has 0 unspecified atom stereocenters. The molecule has 0 aliphatic rings. The lowest BCUT2D eigenvalue weighted by atomic mass is 10.1. The molecule has 0 spiro atoms. The summed E-state index contributed by atoms with van der Waals surface area (Å²) in [4.78, 5) is 0. The molecule has 1 aromatic carbocycles. The van der Waals surface area contributed by atoms with Crippen molar-refractivity contribution in [2.24, 2.45) is 0 Å². The van der Waals surface area contributed by atoms with Gasteiger partial charge in [0.25, 0.3) is 0 Å². The quantitative estimate of drug-likeness (QED) is 0.815. The van der Waals surface area contributed by atoms with Crippen LogP contribution in [0.1, 0.15) is 31.9 Å². The minimum absolute atomic E-state index is 0.199. The molecule has 0 aliphatic carbocycles. The average Bonchev–Trinajstić information content (AvgIpc) is 2.29. The second-order valence-electron chi connectivity index (χ2n) is 5.86. The molecule has 0 amide bonds. The number of benzene rings is 1. The Bertz CT molecular complexity index is 501. The van der Waals surface area contributed by atoms with E-state index in [2.05, 4.69) is 24.4 Å². The molecule has 3 nitrogen and oxygen atoms in total. The van der Waals surface area contributed by atoms with Crippen molar-refractivity contribution in [1.29, 1.82) is 0 Å². The van der Waals surface area contributed by atoms with Crippen molar-refractivity contribution in [2.75, 3.05) is 18.8 Å². The molecule has 1 rings (SSSR count). The van der Waals surface area contributed by atoms with Crippen molar-refractivity contribution < 1.29 is 8.42 Å². The normalized spacial score (nSPS) is 12.6. The zero-order valence-corrected chi connectivity index (χ0v) is 13.2. The summed E-state index contributed by atoms with van der Waals surface area (Å²) in [5, 5.41) is 3.21. The van der Waals surface area contributed by atoms with Gasteiger partial charge in [-0.05, 0) is 51.8 Å². The van der Waals surface area contributed by atoms with Gasteiger partial charge in [0.1, 0.15) is 0 Å². The first kappa shape index (κ1) is 16.2. The number of aryl methyl sites for hydroxylation is 1. The van der Waals surface area contributed by atoms with Crippen LogP contribution >= 0.6 is 0 Å². The van der Waals surface area contributed by atoms with Crippen molar-refractivity contribution in [1.82, 2.24) is 5.32 Å². The SMILES string of the molecule is Cc1ccccc1CCNCCS(=O)(=O)C(C)(C)C. The topological polar surface area (TPSA) is 46.2 Å². The highest BCUT2D eigenvalue weighted by atomic mass is 32.2. The molecule has 0 atom stereocenters. The third-order valence-electron chi connectivity index (χ3n) is 3.31. The largest absolute Gasteiger partial charge is 0.315 e. The van der Waals surface area contributed by atoms with Gasteiger partial charge in [-0.2, -0.15) is 0 Å². The van der Waals surface area contributed by atoms with Crippen LogP contribution in [0.15, 0.2) is 24.3 Å². The Labute approximate surface area is 117 Å². The maximum atomic E-state index is 11.9. The second-order valence-corrected chi connectivity index (χ2v) is 8.72. The van der Waals surface area contributed by atoms with Crippen LogP contribution in [0.5, 0.6) is 0 Å². The first-order valence-electron chi connectivity index (χ1n) is 6.71. The first-order chi connectivity index (χ1) is 8.74. The fourth-order valence-corrected chi connectivity index (χ4v) is 2.78. The van der Waals surface area contributed by atoms with E-state index in [-0.39, 0.29) is 5.75 Å². The van der Waals surface area contributed by atoms with Gasteiger partial charge in [0.15, 0.2) is 9.84 Å². The zero-order valence-electron chi connectivity index (χ0n) is 12.4. The number of hydrogen-bond acceptors (Lipinski definition) is 3. The molecule has 4 heteroatoms. The predicted octanol–water partition coefficient (Wildman–Crippen LogP) is 2.34. The van der Waals surface area contributed by atoms with Gasteiger partial charge < -0.3 is 5.32 Å². The Morgan fingerprint density at radius 3 is 2.32 bits per heavy atom. The molecule has 0 heterocycles. The van der Waals surface area contributed by atoms with E-state index in [1.54, 1.807) is 20.8 Å². The van der Waals surface area contributed by atoms with Crippen LogP contribution in [-0.4, -0.2) is 32.0 Å². The van der Waals surface area contributed by atoms with E-state index in [0.29, 0.717) is 6.54 Å². The predicted molar refractivity (Wildman–Crippen MR) is 81.3 cm³/mol. The van der Waals surface area contributed by atoms with Gasteiger partial charge in [-0.3, -0.25) is 0 Å². The number of hydrogen-bond donors (Lipinski definition) is 1. The Balaban J connectivity index is 2.32. The molecule has 19 heavy (non-hydrogen) atoms. The van der Waals surface area contributed by atoms with Crippen LogP contribution in [0.2, 0.25) is 0 Å². The number of nitrogens with one attached hydrogen (secondary N) is 1. The van der Waals surface area contributed by atoms with E-state index in [4.69, 9.17) is 0 Å². The first-order valence-corrected chi connectivity index (χ1v) is 8.37. The van der Waals surface area contributed by atoms with E-state index < -0.39 is 14.6 Å². The molecule has 0 radical (unpaired) electrons. The maximum absolute atomic E-state index is 11.9. The highest BCUT2D eigenvalue weighted by Crippen LogP contribution is 2.15. The summed E-state index contributed by atoms with van der Waals surface area (Å²) in [5.74, 6) is 0.199. The summed E-state index contributed by atoms with van der Waals surface area (Å²) < 4.78 is 23.1. The summed E-state index contributed by atoms with van der Waals surface area (Å²) in [6, 6.07) is 8.27. The molecule has 0 fully saturated rings. The Kier molecular flexibility index (Phi) is 5.56. The third-order valence-corrected chi connectivity index (χ3v) is 5.92. The van der Waals surface area contributed by atoms with Gasteiger partial charge in [-0.1, -0.05) is 24.3 Å². The van der Waals surface area contributed by atoms with E-state index in [1.165, 1.54) is 11.1 Å². The number of rotatable bonds is 6. The Hall–Kier alpha value is -0.870. The minimum Gasteiger partial charge on any atom is -0.315 e. The number of sulfone groups is 1. The van der Waals surface area contributed by atoms with Crippen molar-refractivity contribution in [3.8, 4) is 0 Å². The van der Waals surface area contributed by atoms with Crippen molar-refractivity contribution in [3.05, 3.63) is 35.4 Å². The molecular formula is C15H25NO2S. The monoisotopic (exact) mass is 283 g/mol. The molecule has 1 N–H and O–H groups in total. The summed E-state index contributed by atoms with van der Waals surface area (Å²) in [6.45, 7) is 8.66. The fraction of sp³-hybridized carbons (Fsp3) is 0.600. The van der Waals surface area contributed by atoms with E-state index in [9.17, 15) is 8.42 Å². The molecule has 1 aromatic rings. The van der Waals surface area contributed by atoms with Crippen LogP contribution < -0.4 is 5.32 Å². The van der Waals surface area contributed by atoms with E-state index in [0.717, 1.165) is 13.0 Å². The zero-order chi connectivity index (χ0) is 14.5. The van der Waals surface area contributed by atoms with Crippen molar-refractivity contribution in [3.63, 3.8) is 0 Å².